The van der Waals surface area contributed by atoms with Gasteiger partial charge >= 0.3 is 0 Å². The number of aromatic nitrogens is 1. The Hall–Kier alpha value is -1.67. The van der Waals surface area contributed by atoms with Gasteiger partial charge in [-0.2, -0.15) is 0 Å². The molecule has 1 aliphatic heterocycles. The lowest BCUT2D eigenvalue weighted by atomic mass is 10.1. The third-order valence-electron chi connectivity index (χ3n) is 6.06. The monoisotopic (exact) mass is 448 g/mol. The van der Waals surface area contributed by atoms with Gasteiger partial charge in [-0.05, 0) is 48.2 Å². The van der Waals surface area contributed by atoms with Crippen LogP contribution in [0.2, 0.25) is 5.02 Å². The van der Waals surface area contributed by atoms with Gasteiger partial charge in [-0.25, -0.2) is 18.1 Å². The fraction of sp³-hybridized carbons (Fsp3) is 0.500. The van der Waals surface area contributed by atoms with Gasteiger partial charge in [0, 0.05) is 50.0 Å². The zero-order valence-corrected chi connectivity index (χ0v) is 18.7. The lowest BCUT2D eigenvalue weighted by Crippen LogP contribution is -2.50. The second kappa shape index (κ2) is 9.64. The molecule has 1 aliphatic carbocycles. The first-order valence-electron chi connectivity index (χ1n) is 10.6. The second-order valence-electron chi connectivity index (χ2n) is 8.19. The first-order chi connectivity index (χ1) is 14.5. The van der Waals surface area contributed by atoms with Crippen LogP contribution in [0.3, 0.4) is 0 Å². The molecule has 162 valence electrons. The third kappa shape index (κ3) is 5.72. The van der Waals surface area contributed by atoms with Crippen LogP contribution in [0.1, 0.15) is 36.8 Å². The van der Waals surface area contributed by atoms with E-state index in [0.717, 1.165) is 43.6 Å². The minimum Gasteiger partial charge on any atom is -0.354 e. The molecule has 8 heteroatoms. The minimum absolute atomic E-state index is 0.0643. The van der Waals surface area contributed by atoms with Gasteiger partial charge in [0.05, 0.1) is 5.75 Å². The number of rotatable bonds is 7. The summed E-state index contributed by atoms with van der Waals surface area (Å²) < 4.78 is 27.6. The predicted molar refractivity (Wildman–Crippen MR) is 121 cm³/mol. The molecule has 4 rings (SSSR count). The Morgan fingerprint density at radius 3 is 2.40 bits per heavy atom. The molecule has 30 heavy (non-hydrogen) atoms. The predicted octanol–water partition coefficient (Wildman–Crippen LogP) is 3.42. The molecule has 6 nitrogen and oxygen atoms in total. The molecule has 1 N–H and O–H groups in total. The van der Waals surface area contributed by atoms with E-state index in [1.54, 1.807) is 30.5 Å². The zero-order valence-electron chi connectivity index (χ0n) is 17.1. The Bertz CT molecular complexity index is 938. The van der Waals surface area contributed by atoms with Crippen molar-refractivity contribution < 1.29 is 8.42 Å². The molecule has 1 aromatic heterocycles. The Morgan fingerprint density at radius 1 is 1.00 bits per heavy atom. The van der Waals surface area contributed by atoms with E-state index in [4.69, 9.17) is 11.6 Å². The average molecular weight is 449 g/mol. The Balaban J connectivity index is 1.31. The lowest BCUT2D eigenvalue weighted by Gasteiger charge is -2.38. The van der Waals surface area contributed by atoms with Crippen molar-refractivity contribution in [1.82, 2.24) is 14.6 Å². The summed E-state index contributed by atoms with van der Waals surface area (Å²) in [6.07, 6.45) is 7.17. The number of anilines is 1. The summed E-state index contributed by atoms with van der Waals surface area (Å²) in [5.74, 6) is 0.862. The normalized spacial score (nSPS) is 18.8. The van der Waals surface area contributed by atoms with Crippen molar-refractivity contribution in [2.24, 2.45) is 0 Å². The molecule has 2 aliphatic rings. The van der Waals surface area contributed by atoms with E-state index < -0.39 is 10.0 Å². The highest BCUT2D eigenvalue weighted by Gasteiger charge is 2.26. The van der Waals surface area contributed by atoms with Gasteiger partial charge in [-0.3, -0.25) is 4.90 Å². The van der Waals surface area contributed by atoms with Crippen molar-refractivity contribution in [2.75, 3.05) is 31.1 Å². The van der Waals surface area contributed by atoms with Crippen molar-refractivity contribution in [1.29, 1.82) is 0 Å². The molecular weight excluding hydrogens is 420 g/mol. The topological polar surface area (TPSA) is 65.5 Å². The molecule has 0 atom stereocenters. The van der Waals surface area contributed by atoms with E-state index in [1.165, 1.54) is 25.7 Å². The first kappa shape index (κ1) is 21.6. The number of pyridine rings is 1. The zero-order chi connectivity index (χ0) is 21.0. The van der Waals surface area contributed by atoms with Crippen LogP contribution in [0.5, 0.6) is 0 Å². The molecule has 2 fully saturated rings. The molecule has 0 spiro atoms. The maximum Gasteiger partial charge on any atom is 0.216 e. The summed E-state index contributed by atoms with van der Waals surface area (Å²) in [6, 6.07) is 11.5. The molecule has 1 aromatic carbocycles. The number of hydrogen-bond acceptors (Lipinski definition) is 5. The summed E-state index contributed by atoms with van der Waals surface area (Å²) in [6.45, 7) is 4.34. The summed E-state index contributed by atoms with van der Waals surface area (Å²) in [5, 5.41) is 0.595. The number of hydrogen-bond donors (Lipinski definition) is 1. The Morgan fingerprint density at radius 2 is 1.70 bits per heavy atom. The maximum atomic E-state index is 12.4. The van der Waals surface area contributed by atoms with Crippen LogP contribution >= 0.6 is 11.6 Å². The largest absolute Gasteiger partial charge is 0.354 e. The fourth-order valence-corrected chi connectivity index (χ4v) is 5.62. The highest BCUT2D eigenvalue weighted by molar-refractivity contribution is 7.88. The quantitative estimate of drug-likeness (QED) is 0.703. The summed E-state index contributed by atoms with van der Waals surface area (Å²) in [7, 11) is -3.43. The summed E-state index contributed by atoms with van der Waals surface area (Å²) in [4.78, 5) is 9.45. The number of sulfonamides is 1. The van der Waals surface area contributed by atoms with Crippen LogP contribution < -0.4 is 9.62 Å². The Labute approximate surface area is 184 Å². The van der Waals surface area contributed by atoms with Crippen LogP contribution in [0.4, 0.5) is 5.82 Å². The Kier molecular flexibility index (Phi) is 6.93. The third-order valence-corrected chi connectivity index (χ3v) is 7.60. The van der Waals surface area contributed by atoms with Crippen molar-refractivity contribution in [3.05, 3.63) is 58.7 Å². The SMILES string of the molecule is O=S(=O)(Cc1ccc(Cl)cc1)NCc1ccnc(N2CCN(C3CCCC3)CC2)c1. The molecule has 0 radical (unpaired) electrons. The fourth-order valence-electron chi connectivity index (χ4n) is 4.37. The number of piperazine rings is 1. The molecule has 1 saturated heterocycles. The molecule has 2 aromatic rings. The number of nitrogens with zero attached hydrogens (tertiary/aromatic N) is 3. The van der Waals surface area contributed by atoms with E-state index in [1.807, 2.05) is 12.1 Å². The van der Waals surface area contributed by atoms with Crippen molar-refractivity contribution in [3.8, 4) is 0 Å². The number of halogens is 1. The molecule has 2 heterocycles. The van der Waals surface area contributed by atoms with Crippen LogP contribution in [0, 0.1) is 0 Å². The van der Waals surface area contributed by atoms with Gasteiger partial charge in [-0.15, -0.1) is 0 Å². The minimum atomic E-state index is -3.43. The molecule has 0 amide bonds. The highest BCUT2D eigenvalue weighted by Crippen LogP contribution is 2.25. The van der Waals surface area contributed by atoms with Crippen LogP contribution in [0.25, 0.3) is 0 Å². The molecule has 1 saturated carbocycles. The maximum absolute atomic E-state index is 12.4. The standard InChI is InChI=1S/C22H29ClN4O2S/c23-20-7-5-18(6-8-20)17-30(28,29)25-16-19-9-10-24-22(15-19)27-13-11-26(12-14-27)21-3-1-2-4-21/h5-10,15,21,25H,1-4,11-14,16-17H2. The van der Waals surface area contributed by atoms with E-state index in [2.05, 4.69) is 19.5 Å². The van der Waals surface area contributed by atoms with Crippen LogP contribution in [0.15, 0.2) is 42.6 Å². The van der Waals surface area contributed by atoms with Crippen molar-refractivity contribution in [3.63, 3.8) is 0 Å². The average Bonchev–Trinajstić information content (AvgIpc) is 3.29. The van der Waals surface area contributed by atoms with Crippen LogP contribution in [-0.4, -0.2) is 50.5 Å². The van der Waals surface area contributed by atoms with E-state index in [0.29, 0.717) is 10.6 Å². The summed E-state index contributed by atoms with van der Waals surface area (Å²) in [5.41, 5.74) is 1.63. The van der Waals surface area contributed by atoms with Gasteiger partial charge in [-0.1, -0.05) is 36.6 Å². The smallest absolute Gasteiger partial charge is 0.216 e. The van der Waals surface area contributed by atoms with E-state index in [-0.39, 0.29) is 12.3 Å². The molecular formula is C22H29ClN4O2S. The van der Waals surface area contributed by atoms with E-state index in [9.17, 15) is 8.42 Å². The van der Waals surface area contributed by atoms with Gasteiger partial charge < -0.3 is 4.90 Å². The highest BCUT2D eigenvalue weighted by atomic mass is 35.5. The number of nitrogens with one attached hydrogen (secondary N) is 1. The van der Waals surface area contributed by atoms with Gasteiger partial charge in [0.2, 0.25) is 10.0 Å². The lowest BCUT2D eigenvalue weighted by molar-refractivity contribution is 0.187. The van der Waals surface area contributed by atoms with Crippen molar-refractivity contribution in [2.45, 2.75) is 44.0 Å². The van der Waals surface area contributed by atoms with Gasteiger partial charge in [0.1, 0.15) is 5.82 Å². The molecule has 0 bridgehead atoms. The van der Waals surface area contributed by atoms with Crippen molar-refractivity contribution >= 4 is 27.4 Å². The number of benzene rings is 1. The van der Waals surface area contributed by atoms with Crippen LogP contribution in [-0.2, 0) is 22.3 Å². The van der Waals surface area contributed by atoms with Gasteiger partial charge in [0.15, 0.2) is 0 Å². The summed E-state index contributed by atoms with van der Waals surface area (Å²) >= 11 is 5.87. The molecule has 0 unspecified atom stereocenters. The first-order valence-corrected chi connectivity index (χ1v) is 12.7. The van der Waals surface area contributed by atoms with E-state index >= 15 is 0 Å². The second-order valence-corrected chi connectivity index (χ2v) is 10.4. The van der Waals surface area contributed by atoms with Gasteiger partial charge in [0.25, 0.3) is 0 Å².